The van der Waals surface area contributed by atoms with Crippen molar-refractivity contribution in [3.05, 3.63) is 59.2 Å². The van der Waals surface area contributed by atoms with Gasteiger partial charge < -0.3 is 19.3 Å². The summed E-state index contributed by atoms with van der Waals surface area (Å²) in [6, 6.07) is 11.2. The zero-order valence-electron chi connectivity index (χ0n) is 14.6. The van der Waals surface area contributed by atoms with E-state index >= 15 is 0 Å². The number of carbonyl (C=O) groups is 1. The molecule has 0 saturated carbocycles. The van der Waals surface area contributed by atoms with Crippen LogP contribution in [-0.4, -0.2) is 31.4 Å². The van der Waals surface area contributed by atoms with Gasteiger partial charge in [-0.3, -0.25) is 0 Å². The first-order chi connectivity index (χ1) is 12.0. The van der Waals surface area contributed by atoms with Crippen LogP contribution in [-0.2, 0) is 4.79 Å². The summed E-state index contributed by atoms with van der Waals surface area (Å²) in [7, 11) is 1.56. The molecule has 132 valence electrons. The first kappa shape index (κ1) is 18.4. The molecule has 2 aromatic rings. The second kappa shape index (κ2) is 8.78. The van der Waals surface area contributed by atoms with Crippen LogP contribution >= 0.6 is 0 Å². The second-order valence-corrected chi connectivity index (χ2v) is 5.55. The van der Waals surface area contributed by atoms with E-state index in [0.29, 0.717) is 30.3 Å². The van der Waals surface area contributed by atoms with Gasteiger partial charge in [-0.2, -0.15) is 0 Å². The van der Waals surface area contributed by atoms with Crippen molar-refractivity contribution >= 4 is 12.0 Å². The van der Waals surface area contributed by atoms with Crippen molar-refractivity contribution in [3.63, 3.8) is 0 Å². The minimum Gasteiger partial charge on any atom is -0.493 e. The average molecular weight is 342 g/mol. The molecule has 0 fully saturated rings. The average Bonchev–Trinajstić information content (AvgIpc) is 2.58. The van der Waals surface area contributed by atoms with Gasteiger partial charge in [-0.25, -0.2) is 4.79 Å². The minimum atomic E-state index is -1.000. The standard InChI is InChI=1S/C20H22O5/c1-14-4-7-17(15(2)12-14)24-10-11-25-19-13-16(6-9-20(21)22)5-8-18(19)23-3/h4-9,12-13H,10-11H2,1-3H3,(H,21,22). The molecule has 25 heavy (non-hydrogen) atoms. The second-order valence-electron chi connectivity index (χ2n) is 5.55. The molecule has 0 aromatic heterocycles. The highest BCUT2D eigenvalue weighted by Gasteiger charge is 2.06. The lowest BCUT2D eigenvalue weighted by Gasteiger charge is -2.13. The minimum absolute atomic E-state index is 0.343. The Hall–Kier alpha value is -2.95. The summed E-state index contributed by atoms with van der Waals surface area (Å²) in [5.74, 6) is 0.956. The molecule has 0 spiro atoms. The van der Waals surface area contributed by atoms with Crippen LogP contribution in [0, 0.1) is 13.8 Å². The molecular weight excluding hydrogens is 320 g/mol. The normalized spacial score (nSPS) is 10.7. The van der Waals surface area contributed by atoms with Crippen LogP contribution in [0.2, 0.25) is 0 Å². The monoisotopic (exact) mass is 342 g/mol. The number of ether oxygens (including phenoxy) is 3. The molecular formula is C20H22O5. The molecule has 0 aliphatic carbocycles. The predicted octanol–water partition coefficient (Wildman–Crippen LogP) is 3.87. The molecule has 2 rings (SSSR count). The van der Waals surface area contributed by atoms with Gasteiger partial charge in [0.25, 0.3) is 0 Å². The van der Waals surface area contributed by atoms with Crippen LogP contribution in [0.3, 0.4) is 0 Å². The lowest BCUT2D eigenvalue weighted by atomic mass is 10.1. The van der Waals surface area contributed by atoms with E-state index in [-0.39, 0.29) is 0 Å². The van der Waals surface area contributed by atoms with Crippen molar-refractivity contribution in [3.8, 4) is 17.2 Å². The maximum absolute atomic E-state index is 10.6. The number of benzene rings is 2. The van der Waals surface area contributed by atoms with Crippen LogP contribution in [0.25, 0.3) is 6.08 Å². The molecule has 0 atom stereocenters. The summed E-state index contributed by atoms with van der Waals surface area (Å²) < 4.78 is 16.7. The van der Waals surface area contributed by atoms with E-state index in [1.165, 1.54) is 11.6 Å². The lowest BCUT2D eigenvalue weighted by molar-refractivity contribution is -0.131. The fourth-order valence-corrected chi connectivity index (χ4v) is 2.34. The molecule has 0 heterocycles. The molecule has 5 nitrogen and oxygen atoms in total. The molecule has 0 amide bonds. The predicted molar refractivity (Wildman–Crippen MR) is 96.6 cm³/mol. The third kappa shape index (κ3) is 5.57. The van der Waals surface area contributed by atoms with Crippen molar-refractivity contribution in [2.75, 3.05) is 20.3 Å². The smallest absolute Gasteiger partial charge is 0.328 e. The molecule has 2 aromatic carbocycles. The van der Waals surface area contributed by atoms with Crippen molar-refractivity contribution < 1.29 is 24.1 Å². The third-order valence-corrected chi connectivity index (χ3v) is 3.53. The van der Waals surface area contributed by atoms with Crippen molar-refractivity contribution in [1.29, 1.82) is 0 Å². The van der Waals surface area contributed by atoms with Gasteiger partial charge in [0.1, 0.15) is 19.0 Å². The summed E-state index contributed by atoms with van der Waals surface area (Å²) in [6.07, 6.45) is 2.58. The van der Waals surface area contributed by atoms with E-state index in [9.17, 15) is 4.79 Å². The summed E-state index contributed by atoms with van der Waals surface area (Å²) in [5.41, 5.74) is 2.99. The van der Waals surface area contributed by atoms with Crippen LogP contribution in [0.5, 0.6) is 17.2 Å². The molecule has 0 bridgehead atoms. The number of carboxylic acid groups (broad SMARTS) is 1. The highest BCUT2D eigenvalue weighted by molar-refractivity contribution is 5.85. The first-order valence-corrected chi connectivity index (χ1v) is 7.91. The van der Waals surface area contributed by atoms with Crippen LogP contribution < -0.4 is 14.2 Å². The van der Waals surface area contributed by atoms with Gasteiger partial charge in [0.2, 0.25) is 0 Å². The Morgan fingerprint density at radius 1 is 1.00 bits per heavy atom. The Labute approximate surface area is 147 Å². The lowest BCUT2D eigenvalue weighted by Crippen LogP contribution is -2.10. The SMILES string of the molecule is COc1ccc(C=CC(=O)O)cc1OCCOc1ccc(C)cc1C. The first-order valence-electron chi connectivity index (χ1n) is 7.91. The summed E-state index contributed by atoms with van der Waals surface area (Å²) in [6.45, 7) is 4.78. The molecule has 0 aliphatic rings. The third-order valence-electron chi connectivity index (χ3n) is 3.53. The fourth-order valence-electron chi connectivity index (χ4n) is 2.34. The Morgan fingerprint density at radius 3 is 2.32 bits per heavy atom. The summed E-state index contributed by atoms with van der Waals surface area (Å²) >= 11 is 0. The number of aliphatic carboxylic acids is 1. The Morgan fingerprint density at radius 2 is 1.68 bits per heavy atom. The van der Waals surface area contributed by atoms with E-state index in [4.69, 9.17) is 19.3 Å². The zero-order chi connectivity index (χ0) is 18.2. The van der Waals surface area contributed by atoms with Gasteiger partial charge in [-0.1, -0.05) is 23.8 Å². The summed E-state index contributed by atoms with van der Waals surface area (Å²) in [4.78, 5) is 10.6. The van der Waals surface area contributed by atoms with Crippen molar-refractivity contribution in [1.82, 2.24) is 0 Å². The molecule has 1 N–H and O–H groups in total. The number of aryl methyl sites for hydroxylation is 2. The van der Waals surface area contributed by atoms with E-state index in [1.54, 1.807) is 25.3 Å². The maximum Gasteiger partial charge on any atom is 0.328 e. The van der Waals surface area contributed by atoms with E-state index in [2.05, 4.69) is 6.07 Å². The fraction of sp³-hybridized carbons (Fsp3) is 0.250. The van der Waals surface area contributed by atoms with Gasteiger partial charge in [0.05, 0.1) is 7.11 Å². The van der Waals surface area contributed by atoms with Gasteiger partial charge in [-0.15, -0.1) is 0 Å². The quantitative estimate of drug-likeness (QED) is 0.583. The largest absolute Gasteiger partial charge is 0.493 e. The number of carboxylic acids is 1. The highest BCUT2D eigenvalue weighted by Crippen LogP contribution is 2.28. The van der Waals surface area contributed by atoms with Crippen molar-refractivity contribution in [2.24, 2.45) is 0 Å². The van der Waals surface area contributed by atoms with Gasteiger partial charge in [-0.05, 0) is 49.2 Å². The van der Waals surface area contributed by atoms with Crippen LogP contribution in [0.15, 0.2) is 42.5 Å². The molecule has 0 saturated heterocycles. The van der Waals surface area contributed by atoms with Crippen LogP contribution in [0.4, 0.5) is 0 Å². The molecule has 0 aliphatic heterocycles. The number of rotatable bonds is 8. The molecule has 0 unspecified atom stereocenters. The summed E-state index contributed by atoms with van der Waals surface area (Å²) in [5, 5.41) is 8.71. The van der Waals surface area contributed by atoms with Gasteiger partial charge >= 0.3 is 5.97 Å². The number of methoxy groups -OCH3 is 1. The Bertz CT molecular complexity index is 765. The van der Waals surface area contributed by atoms with E-state index in [1.807, 2.05) is 26.0 Å². The zero-order valence-corrected chi connectivity index (χ0v) is 14.6. The van der Waals surface area contributed by atoms with Gasteiger partial charge in [0.15, 0.2) is 11.5 Å². The van der Waals surface area contributed by atoms with E-state index in [0.717, 1.165) is 17.4 Å². The number of hydrogen-bond donors (Lipinski definition) is 1. The topological polar surface area (TPSA) is 65.0 Å². The Balaban J connectivity index is 1.96. The molecule has 5 heteroatoms. The Kier molecular flexibility index (Phi) is 6.46. The molecule has 0 radical (unpaired) electrons. The maximum atomic E-state index is 10.6. The number of hydrogen-bond acceptors (Lipinski definition) is 4. The van der Waals surface area contributed by atoms with Crippen molar-refractivity contribution in [2.45, 2.75) is 13.8 Å². The van der Waals surface area contributed by atoms with Crippen LogP contribution in [0.1, 0.15) is 16.7 Å². The van der Waals surface area contributed by atoms with Gasteiger partial charge in [0, 0.05) is 6.08 Å². The van der Waals surface area contributed by atoms with E-state index < -0.39 is 5.97 Å². The highest BCUT2D eigenvalue weighted by atomic mass is 16.5.